The summed E-state index contributed by atoms with van der Waals surface area (Å²) in [6.07, 6.45) is 7.55. The van der Waals surface area contributed by atoms with E-state index in [9.17, 15) is 19.8 Å². The van der Waals surface area contributed by atoms with Gasteiger partial charge >= 0.3 is 11.9 Å². The summed E-state index contributed by atoms with van der Waals surface area (Å²) in [6.45, 7) is 2.12. The number of ether oxygens (including phenoxy) is 2. The molecular weight excluding hydrogens is 372 g/mol. The summed E-state index contributed by atoms with van der Waals surface area (Å²) >= 11 is 0. The summed E-state index contributed by atoms with van der Waals surface area (Å²) in [7, 11) is 0. The summed E-state index contributed by atoms with van der Waals surface area (Å²) in [4.78, 5) is 23.5. The summed E-state index contributed by atoms with van der Waals surface area (Å²) in [6, 6.07) is 14.2. The first-order valence-corrected chi connectivity index (χ1v) is 9.32. The van der Waals surface area contributed by atoms with Crippen molar-refractivity contribution >= 4 is 11.9 Å². The summed E-state index contributed by atoms with van der Waals surface area (Å²) in [5, 5.41) is 19.2. The maximum absolute atomic E-state index is 12.0. The van der Waals surface area contributed by atoms with Gasteiger partial charge in [-0.1, -0.05) is 49.8 Å². The number of hydrogen-bond acceptors (Lipinski definition) is 4. The zero-order chi connectivity index (χ0) is 20.9. The van der Waals surface area contributed by atoms with Gasteiger partial charge in [0.2, 0.25) is 5.60 Å². The minimum absolute atomic E-state index is 0.193. The molecule has 0 spiro atoms. The minimum atomic E-state index is -2.04. The molecule has 6 heteroatoms. The van der Waals surface area contributed by atoms with E-state index in [-0.39, 0.29) is 5.75 Å². The summed E-state index contributed by atoms with van der Waals surface area (Å²) in [5.41, 5.74) is -0.821. The molecule has 2 aromatic rings. The molecular formula is C23H22O6. The zero-order valence-electron chi connectivity index (χ0n) is 15.9. The molecule has 1 aliphatic carbocycles. The van der Waals surface area contributed by atoms with Crippen molar-refractivity contribution in [2.45, 2.75) is 25.4 Å². The second kappa shape index (κ2) is 8.65. The van der Waals surface area contributed by atoms with E-state index >= 15 is 0 Å². The van der Waals surface area contributed by atoms with E-state index in [0.717, 1.165) is 12.8 Å². The van der Waals surface area contributed by atoms with Crippen LogP contribution in [0, 0.1) is 5.92 Å². The molecule has 0 amide bonds. The van der Waals surface area contributed by atoms with Gasteiger partial charge in [-0.25, -0.2) is 4.79 Å². The summed E-state index contributed by atoms with van der Waals surface area (Å²) < 4.78 is 11.5. The molecule has 6 nitrogen and oxygen atoms in total. The van der Waals surface area contributed by atoms with E-state index < -0.39 is 23.5 Å². The lowest BCUT2D eigenvalue weighted by atomic mass is 9.83. The number of rotatable bonds is 8. The van der Waals surface area contributed by atoms with Gasteiger partial charge in [0.25, 0.3) is 0 Å². The molecule has 3 rings (SSSR count). The van der Waals surface area contributed by atoms with Gasteiger partial charge in [-0.05, 0) is 42.3 Å². The molecule has 0 saturated heterocycles. The van der Waals surface area contributed by atoms with Crippen LogP contribution in [0.25, 0.3) is 0 Å². The van der Waals surface area contributed by atoms with Crippen molar-refractivity contribution in [2.24, 2.45) is 5.92 Å². The van der Waals surface area contributed by atoms with E-state index in [0.29, 0.717) is 11.5 Å². The van der Waals surface area contributed by atoms with E-state index in [2.05, 4.69) is 6.92 Å². The van der Waals surface area contributed by atoms with Gasteiger partial charge in [0.15, 0.2) is 0 Å². The normalized spacial score (nSPS) is 20.2. The van der Waals surface area contributed by atoms with Crippen LogP contribution < -0.4 is 9.47 Å². The van der Waals surface area contributed by atoms with Crippen LogP contribution in [-0.4, -0.2) is 27.8 Å². The van der Waals surface area contributed by atoms with Gasteiger partial charge in [0.1, 0.15) is 23.2 Å². The van der Waals surface area contributed by atoms with Crippen LogP contribution in [0.2, 0.25) is 0 Å². The molecule has 2 aromatic carbocycles. The topological polar surface area (TPSA) is 93.1 Å². The van der Waals surface area contributed by atoms with Gasteiger partial charge in [-0.15, -0.1) is 0 Å². The maximum Gasteiger partial charge on any atom is 0.353 e. The molecule has 0 fully saturated rings. The third-order valence-corrected chi connectivity index (χ3v) is 4.61. The number of allylic oxidation sites excluding steroid dienone is 2. The monoisotopic (exact) mass is 394 g/mol. The first kappa shape index (κ1) is 20.2. The fourth-order valence-electron chi connectivity index (χ4n) is 3.18. The second-order valence-corrected chi connectivity index (χ2v) is 6.73. The Bertz CT molecular complexity index is 944. The molecule has 2 atom stereocenters. The molecule has 150 valence electrons. The molecule has 0 saturated carbocycles. The number of aryl methyl sites for hydroxylation is 1. The Morgan fingerprint density at radius 3 is 2.38 bits per heavy atom. The number of hydrogen-bond donors (Lipinski definition) is 2. The smallest absolute Gasteiger partial charge is 0.353 e. The SMILES string of the molecule is CCCc1ccc(Oc2cccc(OC3(C(=O)O)C=CC=CC3C(=O)O)c2)cc1. The minimum Gasteiger partial charge on any atom is -0.481 e. The van der Waals surface area contributed by atoms with Crippen LogP contribution in [-0.2, 0) is 16.0 Å². The summed E-state index contributed by atoms with van der Waals surface area (Å²) in [5.74, 6) is -2.75. The lowest BCUT2D eigenvalue weighted by Crippen LogP contribution is -2.52. The molecule has 0 aromatic heterocycles. The van der Waals surface area contributed by atoms with Crippen LogP contribution in [0.4, 0.5) is 0 Å². The Morgan fingerprint density at radius 2 is 1.72 bits per heavy atom. The number of aliphatic carboxylic acids is 2. The molecule has 29 heavy (non-hydrogen) atoms. The average molecular weight is 394 g/mol. The van der Waals surface area contributed by atoms with E-state index in [1.165, 1.54) is 35.9 Å². The van der Waals surface area contributed by atoms with Gasteiger partial charge in [0.05, 0.1) is 0 Å². The highest BCUT2D eigenvalue weighted by Gasteiger charge is 2.50. The average Bonchev–Trinajstić information content (AvgIpc) is 2.70. The van der Waals surface area contributed by atoms with E-state index in [1.54, 1.807) is 18.2 Å². The Balaban J connectivity index is 1.83. The van der Waals surface area contributed by atoms with Crippen molar-refractivity contribution in [1.82, 2.24) is 0 Å². The van der Waals surface area contributed by atoms with Crippen LogP contribution in [0.1, 0.15) is 18.9 Å². The second-order valence-electron chi connectivity index (χ2n) is 6.73. The fraction of sp³-hybridized carbons (Fsp3) is 0.217. The molecule has 0 radical (unpaired) electrons. The van der Waals surface area contributed by atoms with E-state index in [4.69, 9.17) is 9.47 Å². The first-order chi connectivity index (χ1) is 13.9. The Kier molecular flexibility index (Phi) is 6.02. The fourth-order valence-corrected chi connectivity index (χ4v) is 3.18. The zero-order valence-corrected chi connectivity index (χ0v) is 15.9. The van der Waals surface area contributed by atoms with Crippen molar-refractivity contribution in [3.63, 3.8) is 0 Å². The maximum atomic E-state index is 12.0. The van der Waals surface area contributed by atoms with Gasteiger partial charge in [-0.2, -0.15) is 0 Å². The highest BCUT2D eigenvalue weighted by atomic mass is 16.5. The third-order valence-electron chi connectivity index (χ3n) is 4.61. The van der Waals surface area contributed by atoms with Crippen LogP contribution in [0.5, 0.6) is 17.2 Å². The number of carboxylic acids is 2. The van der Waals surface area contributed by atoms with Crippen LogP contribution >= 0.6 is 0 Å². The van der Waals surface area contributed by atoms with Crippen molar-refractivity contribution in [2.75, 3.05) is 0 Å². The van der Waals surface area contributed by atoms with Crippen molar-refractivity contribution in [3.05, 3.63) is 78.4 Å². The lowest BCUT2D eigenvalue weighted by molar-refractivity contribution is -0.162. The Morgan fingerprint density at radius 1 is 1.00 bits per heavy atom. The quantitative estimate of drug-likeness (QED) is 0.687. The Labute approximate surface area is 168 Å². The van der Waals surface area contributed by atoms with Crippen molar-refractivity contribution in [3.8, 4) is 17.2 Å². The number of carboxylic acid groups (broad SMARTS) is 2. The number of carbonyl (C=O) groups is 2. The predicted molar refractivity (Wildman–Crippen MR) is 107 cm³/mol. The third kappa shape index (κ3) is 4.48. The van der Waals surface area contributed by atoms with Crippen LogP contribution in [0.3, 0.4) is 0 Å². The molecule has 2 unspecified atom stereocenters. The van der Waals surface area contributed by atoms with E-state index in [1.807, 2.05) is 24.3 Å². The molecule has 0 bridgehead atoms. The van der Waals surface area contributed by atoms with Crippen molar-refractivity contribution in [1.29, 1.82) is 0 Å². The molecule has 1 aliphatic rings. The largest absolute Gasteiger partial charge is 0.481 e. The Hall–Kier alpha value is -3.54. The predicted octanol–water partition coefficient (Wildman–Crippen LogP) is 4.46. The first-order valence-electron chi connectivity index (χ1n) is 9.32. The standard InChI is InChI=1S/C23H22O6/c1-2-6-16-10-12-17(13-11-16)28-18-7-5-8-19(15-18)29-23(22(26)27)14-4-3-9-20(23)21(24)25/h3-5,7-15,20H,2,6H2,1H3,(H,24,25)(H,26,27). The van der Waals surface area contributed by atoms with Crippen LogP contribution in [0.15, 0.2) is 72.8 Å². The molecule has 2 N–H and O–H groups in total. The lowest BCUT2D eigenvalue weighted by Gasteiger charge is -2.32. The number of benzene rings is 2. The van der Waals surface area contributed by atoms with Gasteiger partial charge in [-0.3, -0.25) is 4.79 Å². The van der Waals surface area contributed by atoms with Crippen molar-refractivity contribution < 1.29 is 29.3 Å². The highest BCUT2D eigenvalue weighted by Crippen LogP contribution is 2.34. The van der Waals surface area contributed by atoms with Gasteiger partial charge in [0, 0.05) is 6.07 Å². The highest BCUT2D eigenvalue weighted by molar-refractivity contribution is 5.90. The molecule has 0 aliphatic heterocycles. The van der Waals surface area contributed by atoms with Gasteiger partial charge < -0.3 is 19.7 Å². The molecule has 0 heterocycles.